The number of phenolic OH excluding ortho intramolecular Hbond substituents is 1. The van der Waals surface area contributed by atoms with Gasteiger partial charge in [-0.15, -0.1) is 0 Å². The molecule has 1 aromatic carbocycles. The highest BCUT2D eigenvalue weighted by atomic mass is 16.4. The monoisotopic (exact) mass is 525 g/mol. The zero-order valence-corrected chi connectivity index (χ0v) is 19.2. The number of hydrogen-bond donors (Lipinski definition) is 9. The zero-order valence-electron chi connectivity index (χ0n) is 19.2. The van der Waals surface area contributed by atoms with Crippen LogP contribution in [-0.4, -0.2) is 86.1 Å². The van der Waals surface area contributed by atoms with Crippen LogP contribution in [0.1, 0.15) is 24.8 Å². The van der Waals surface area contributed by atoms with E-state index in [0.717, 1.165) is 0 Å². The van der Waals surface area contributed by atoms with E-state index >= 15 is 0 Å². The maximum atomic E-state index is 12.7. The van der Waals surface area contributed by atoms with Gasteiger partial charge in [-0.25, -0.2) is 4.79 Å². The lowest BCUT2D eigenvalue weighted by Crippen LogP contribution is -2.58. The summed E-state index contributed by atoms with van der Waals surface area (Å²) in [6, 6.07) is -1.33. The third-order valence-electron chi connectivity index (χ3n) is 4.77. The number of rotatable bonds is 15. The quantitative estimate of drug-likeness (QED) is 0.108. The third-order valence-corrected chi connectivity index (χ3v) is 4.77. The number of aromatic hydroxyl groups is 1. The van der Waals surface area contributed by atoms with Gasteiger partial charge in [0.15, 0.2) is 0 Å². The smallest absolute Gasteiger partial charge is 0.326 e. The van der Waals surface area contributed by atoms with Crippen LogP contribution in [0.5, 0.6) is 5.75 Å². The zero-order chi connectivity index (χ0) is 28.3. The van der Waals surface area contributed by atoms with Gasteiger partial charge in [-0.05, 0) is 17.7 Å². The van der Waals surface area contributed by atoms with Crippen molar-refractivity contribution in [2.24, 2.45) is 11.5 Å². The number of carboxylic acids is 3. The Bertz CT molecular complexity index is 1040. The molecule has 4 atom stereocenters. The van der Waals surface area contributed by atoms with E-state index in [9.17, 15) is 43.8 Å². The Hall–Kier alpha value is -4.73. The number of nitrogens with one attached hydrogen (secondary N) is 3. The number of carbonyl (C=O) groups is 7. The molecule has 1 aromatic rings. The molecule has 11 N–H and O–H groups in total. The Kier molecular flexibility index (Phi) is 11.4. The number of phenols is 1. The van der Waals surface area contributed by atoms with E-state index in [-0.39, 0.29) is 12.2 Å². The largest absolute Gasteiger partial charge is 0.508 e. The summed E-state index contributed by atoms with van der Waals surface area (Å²) in [4.78, 5) is 82.5. The second-order valence-electron chi connectivity index (χ2n) is 7.86. The highest BCUT2D eigenvalue weighted by Crippen LogP contribution is 2.12. The van der Waals surface area contributed by atoms with Crippen molar-refractivity contribution in [3.63, 3.8) is 0 Å². The van der Waals surface area contributed by atoms with Crippen LogP contribution in [-0.2, 0) is 40.0 Å². The molecule has 0 saturated heterocycles. The minimum absolute atomic E-state index is 0.0733. The molecule has 0 saturated carbocycles. The number of amides is 4. The number of primary amides is 1. The molecule has 0 heterocycles. The van der Waals surface area contributed by atoms with Gasteiger partial charge in [0.25, 0.3) is 0 Å². The Morgan fingerprint density at radius 1 is 0.703 bits per heavy atom. The van der Waals surface area contributed by atoms with Crippen molar-refractivity contribution >= 4 is 41.5 Å². The molecule has 16 nitrogen and oxygen atoms in total. The van der Waals surface area contributed by atoms with Gasteiger partial charge >= 0.3 is 17.9 Å². The first-order valence-electron chi connectivity index (χ1n) is 10.6. The molecule has 0 aliphatic heterocycles. The fourth-order valence-corrected chi connectivity index (χ4v) is 2.97. The highest BCUT2D eigenvalue weighted by Gasteiger charge is 2.32. The van der Waals surface area contributed by atoms with Gasteiger partial charge in [0.1, 0.15) is 23.9 Å². The predicted molar refractivity (Wildman–Crippen MR) is 122 cm³/mol. The van der Waals surface area contributed by atoms with E-state index in [1.165, 1.54) is 24.3 Å². The van der Waals surface area contributed by atoms with E-state index in [1.807, 2.05) is 10.6 Å². The van der Waals surface area contributed by atoms with Crippen LogP contribution in [0.4, 0.5) is 0 Å². The number of hydrogen-bond acceptors (Lipinski definition) is 9. The number of carboxylic acid groups (broad SMARTS) is 3. The van der Waals surface area contributed by atoms with Crippen molar-refractivity contribution in [2.45, 2.75) is 49.9 Å². The van der Waals surface area contributed by atoms with Crippen molar-refractivity contribution in [1.82, 2.24) is 16.0 Å². The Labute approximate surface area is 209 Å². The van der Waals surface area contributed by atoms with Gasteiger partial charge in [-0.2, -0.15) is 0 Å². The van der Waals surface area contributed by atoms with Gasteiger partial charge < -0.3 is 47.8 Å². The average molecular weight is 525 g/mol. The van der Waals surface area contributed by atoms with Gasteiger partial charge in [0, 0.05) is 6.42 Å². The van der Waals surface area contributed by atoms with Crippen LogP contribution in [0.2, 0.25) is 0 Å². The van der Waals surface area contributed by atoms with Crippen LogP contribution in [0.25, 0.3) is 0 Å². The number of benzene rings is 1. The van der Waals surface area contributed by atoms with Crippen LogP contribution in [0.3, 0.4) is 0 Å². The van der Waals surface area contributed by atoms with Gasteiger partial charge in [0.2, 0.25) is 23.6 Å². The first-order valence-corrected chi connectivity index (χ1v) is 10.6. The topological polar surface area (TPSA) is 289 Å². The number of aliphatic carboxylic acids is 3. The van der Waals surface area contributed by atoms with Crippen molar-refractivity contribution in [3.05, 3.63) is 29.8 Å². The first kappa shape index (κ1) is 30.3. The lowest BCUT2D eigenvalue weighted by Gasteiger charge is -2.24. The summed E-state index contributed by atoms with van der Waals surface area (Å²) < 4.78 is 0. The van der Waals surface area contributed by atoms with E-state index in [1.54, 1.807) is 0 Å². The van der Waals surface area contributed by atoms with Crippen molar-refractivity contribution in [2.75, 3.05) is 0 Å². The minimum atomic E-state index is -1.83. The van der Waals surface area contributed by atoms with E-state index in [2.05, 4.69) is 5.32 Å². The molecule has 0 aliphatic rings. The highest BCUT2D eigenvalue weighted by molar-refractivity contribution is 5.97. The lowest BCUT2D eigenvalue weighted by atomic mass is 10.0. The fraction of sp³-hybridized carbons (Fsp3) is 0.381. The second-order valence-corrected chi connectivity index (χ2v) is 7.86. The Morgan fingerprint density at radius 3 is 1.62 bits per heavy atom. The van der Waals surface area contributed by atoms with Gasteiger partial charge in [-0.3, -0.25) is 28.8 Å². The number of nitrogens with two attached hydrogens (primary N) is 2. The summed E-state index contributed by atoms with van der Waals surface area (Å²) in [7, 11) is 0. The van der Waals surface area contributed by atoms with E-state index in [4.69, 9.17) is 21.7 Å². The Morgan fingerprint density at radius 2 is 1.16 bits per heavy atom. The molecule has 0 aromatic heterocycles. The normalized spacial score (nSPS) is 13.8. The molecule has 0 radical (unpaired) electrons. The maximum absolute atomic E-state index is 12.7. The second kappa shape index (κ2) is 14.0. The van der Waals surface area contributed by atoms with Gasteiger partial charge in [0.05, 0.1) is 25.3 Å². The number of carbonyl (C=O) groups excluding carboxylic acids is 4. The molecule has 202 valence electrons. The molecule has 16 heteroatoms. The summed E-state index contributed by atoms with van der Waals surface area (Å²) >= 11 is 0. The molecule has 0 fully saturated rings. The summed E-state index contributed by atoms with van der Waals surface area (Å²) in [6.07, 6.45) is -2.87. The molecule has 0 bridgehead atoms. The standard InChI is InChI=1S/C21H27N5O11/c22-11(6-16(29)30)18(33)24-13(8-17(31)32)20(35)25-12(7-15(23)28)19(34)26-14(21(36)37)5-9-1-3-10(27)4-2-9/h1-4,11-14,27H,5-8,22H2,(H2,23,28)(H,24,33)(H,25,35)(H,26,34)(H,29,30)(H,31,32)(H,36,37). The minimum Gasteiger partial charge on any atom is -0.508 e. The summed E-state index contributed by atoms with van der Waals surface area (Å²) in [5.74, 6) is -9.17. The molecular formula is C21H27N5O11. The summed E-state index contributed by atoms with van der Waals surface area (Å²) in [5, 5.41) is 42.8. The van der Waals surface area contributed by atoms with Crippen molar-refractivity contribution < 1.29 is 54.0 Å². The average Bonchev–Trinajstić information content (AvgIpc) is 2.77. The van der Waals surface area contributed by atoms with E-state index in [0.29, 0.717) is 5.56 Å². The molecule has 4 amide bonds. The first-order chi connectivity index (χ1) is 17.2. The van der Waals surface area contributed by atoms with Crippen LogP contribution in [0.15, 0.2) is 24.3 Å². The van der Waals surface area contributed by atoms with Crippen LogP contribution in [0, 0.1) is 0 Å². The SMILES string of the molecule is NC(=O)CC(NC(=O)C(CC(=O)O)NC(=O)C(N)CC(=O)O)C(=O)NC(Cc1ccc(O)cc1)C(=O)O. The van der Waals surface area contributed by atoms with Crippen molar-refractivity contribution in [1.29, 1.82) is 0 Å². The van der Waals surface area contributed by atoms with Crippen LogP contribution < -0.4 is 27.4 Å². The molecule has 37 heavy (non-hydrogen) atoms. The lowest BCUT2D eigenvalue weighted by molar-refractivity contribution is -0.143. The fourth-order valence-electron chi connectivity index (χ4n) is 2.97. The summed E-state index contributed by atoms with van der Waals surface area (Å²) in [5.41, 5.74) is 10.9. The van der Waals surface area contributed by atoms with Crippen molar-refractivity contribution in [3.8, 4) is 5.75 Å². The third kappa shape index (κ3) is 11.0. The maximum Gasteiger partial charge on any atom is 0.326 e. The van der Waals surface area contributed by atoms with E-state index < -0.39 is 85.0 Å². The molecule has 0 aliphatic carbocycles. The molecule has 1 rings (SSSR count). The van der Waals surface area contributed by atoms with Gasteiger partial charge in [-0.1, -0.05) is 12.1 Å². The predicted octanol–water partition coefficient (Wildman–Crippen LogP) is -3.37. The molecule has 4 unspecified atom stereocenters. The molecule has 0 spiro atoms. The Balaban J connectivity index is 3.04. The molecular weight excluding hydrogens is 498 g/mol. The summed E-state index contributed by atoms with van der Waals surface area (Å²) in [6.45, 7) is 0. The van der Waals surface area contributed by atoms with Crippen LogP contribution >= 0.6 is 0 Å².